The van der Waals surface area contributed by atoms with Crippen LogP contribution in [0.25, 0.3) is 0 Å². The van der Waals surface area contributed by atoms with Crippen LogP contribution in [0.2, 0.25) is 5.02 Å². The maximum atomic E-state index is 5.97. The second kappa shape index (κ2) is 9.10. The molecule has 2 aromatic carbocycles. The molecule has 0 saturated carbocycles. The van der Waals surface area contributed by atoms with Crippen LogP contribution in [0.5, 0.6) is 11.5 Å². The van der Waals surface area contributed by atoms with Gasteiger partial charge in [0, 0.05) is 12.1 Å². The van der Waals surface area contributed by atoms with Crippen molar-refractivity contribution in [3.8, 4) is 11.5 Å². The summed E-state index contributed by atoms with van der Waals surface area (Å²) in [5.74, 6) is 1.27. The summed E-state index contributed by atoms with van der Waals surface area (Å²) < 4.78 is 11.2. The minimum atomic E-state index is 0.405. The second-order valence-corrected chi connectivity index (χ2v) is 5.62. The zero-order valence-electron chi connectivity index (χ0n) is 13.4. The molecule has 0 fully saturated rings. The van der Waals surface area contributed by atoms with Crippen molar-refractivity contribution in [3.05, 3.63) is 58.6 Å². The predicted octanol–water partition coefficient (Wildman–Crippen LogP) is 3.36. The molecule has 0 aromatic heterocycles. The van der Waals surface area contributed by atoms with Crippen LogP contribution in [-0.4, -0.2) is 25.5 Å². The standard InChI is InChI=1S/C17H18ClN3O2S/c1-19-17(24)21-20-10-12-6-7-15(16(9-12)22-2)23-11-13-4-3-5-14(18)8-13/h3-10H,11H2,1-2H3,(H2,19,21,24)/b20-10+. The van der Waals surface area contributed by atoms with E-state index in [9.17, 15) is 0 Å². The van der Waals surface area contributed by atoms with Gasteiger partial charge in [-0.3, -0.25) is 5.43 Å². The highest BCUT2D eigenvalue weighted by molar-refractivity contribution is 7.80. The number of methoxy groups -OCH3 is 1. The van der Waals surface area contributed by atoms with Gasteiger partial charge in [0.25, 0.3) is 0 Å². The lowest BCUT2D eigenvalue weighted by Gasteiger charge is -2.11. The molecule has 0 heterocycles. The van der Waals surface area contributed by atoms with Crippen LogP contribution in [0.3, 0.4) is 0 Å². The van der Waals surface area contributed by atoms with Gasteiger partial charge in [-0.1, -0.05) is 23.7 Å². The van der Waals surface area contributed by atoms with Gasteiger partial charge >= 0.3 is 0 Å². The minimum absolute atomic E-state index is 0.405. The Morgan fingerprint density at radius 1 is 1.25 bits per heavy atom. The molecule has 126 valence electrons. The van der Waals surface area contributed by atoms with Crippen LogP contribution in [0, 0.1) is 0 Å². The first-order valence-electron chi connectivity index (χ1n) is 7.18. The SMILES string of the molecule is CNC(=S)N/N=C/c1ccc(OCc2cccc(Cl)c2)c(OC)c1. The molecule has 0 aliphatic carbocycles. The highest BCUT2D eigenvalue weighted by atomic mass is 35.5. The summed E-state index contributed by atoms with van der Waals surface area (Å²) in [7, 11) is 3.32. The van der Waals surface area contributed by atoms with E-state index in [2.05, 4.69) is 15.8 Å². The van der Waals surface area contributed by atoms with E-state index in [4.69, 9.17) is 33.3 Å². The average molecular weight is 364 g/mol. The number of nitrogens with zero attached hydrogens (tertiary/aromatic N) is 1. The van der Waals surface area contributed by atoms with Crippen LogP contribution < -0.4 is 20.2 Å². The van der Waals surface area contributed by atoms with Gasteiger partial charge in [0.15, 0.2) is 16.6 Å². The Morgan fingerprint density at radius 3 is 2.79 bits per heavy atom. The smallest absolute Gasteiger partial charge is 0.186 e. The van der Waals surface area contributed by atoms with Crippen molar-refractivity contribution in [3.63, 3.8) is 0 Å². The van der Waals surface area contributed by atoms with Crippen molar-refractivity contribution in [1.29, 1.82) is 0 Å². The van der Waals surface area contributed by atoms with E-state index in [-0.39, 0.29) is 0 Å². The molecule has 2 aromatic rings. The minimum Gasteiger partial charge on any atom is -0.493 e. The van der Waals surface area contributed by atoms with Gasteiger partial charge in [0.05, 0.1) is 13.3 Å². The highest BCUT2D eigenvalue weighted by Crippen LogP contribution is 2.28. The number of benzene rings is 2. The Morgan fingerprint density at radius 2 is 2.08 bits per heavy atom. The van der Waals surface area contributed by atoms with Crippen LogP contribution in [0.1, 0.15) is 11.1 Å². The van der Waals surface area contributed by atoms with Crippen molar-refractivity contribution in [1.82, 2.24) is 10.7 Å². The molecule has 0 radical (unpaired) electrons. The Labute approximate surface area is 151 Å². The molecule has 0 bridgehead atoms. The van der Waals surface area contributed by atoms with E-state index in [1.165, 1.54) is 0 Å². The zero-order chi connectivity index (χ0) is 17.4. The number of hydrogen-bond acceptors (Lipinski definition) is 4. The monoisotopic (exact) mass is 363 g/mol. The number of nitrogens with one attached hydrogen (secondary N) is 2. The van der Waals surface area contributed by atoms with E-state index in [0.717, 1.165) is 11.1 Å². The fourth-order valence-corrected chi connectivity index (χ4v) is 2.16. The van der Waals surface area contributed by atoms with Crippen molar-refractivity contribution in [2.45, 2.75) is 6.61 Å². The van der Waals surface area contributed by atoms with Gasteiger partial charge in [-0.25, -0.2) is 0 Å². The molecule has 0 aliphatic rings. The molecule has 0 aliphatic heterocycles. The number of thiocarbonyl (C=S) groups is 1. The fourth-order valence-electron chi connectivity index (χ4n) is 1.89. The summed E-state index contributed by atoms with van der Waals surface area (Å²) in [6.45, 7) is 0.405. The molecule has 0 saturated heterocycles. The topological polar surface area (TPSA) is 54.9 Å². The van der Waals surface area contributed by atoms with Crippen LogP contribution in [0.15, 0.2) is 47.6 Å². The molecule has 0 atom stereocenters. The zero-order valence-corrected chi connectivity index (χ0v) is 14.9. The van der Waals surface area contributed by atoms with E-state index in [1.54, 1.807) is 20.4 Å². The molecular formula is C17H18ClN3O2S. The fraction of sp³-hybridized carbons (Fsp3) is 0.176. The summed E-state index contributed by atoms with van der Waals surface area (Å²) >= 11 is 10.9. The normalized spacial score (nSPS) is 10.5. The number of rotatable bonds is 6. The third-order valence-corrected chi connectivity index (χ3v) is 3.61. The molecule has 7 heteroatoms. The maximum absolute atomic E-state index is 5.97. The summed E-state index contributed by atoms with van der Waals surface area (Å²) in [6, 6.07) is 13.1. The van der Waals surface area contributed by atoms with Crippen LogP contribution in [0.4, 0.5) is 0 Å². The number of halogens is 1. The number of hydrazone groups is 1. The Balaban J connectivity index is 2.04. The van der Waals surface area contributed by atoms with Crippen molar-refractivity contribution < 1.29 is 9.47 Å². The molecule has 0 unspecified atom stereocenters. The second-order valence-electron chi connectivity index (χ2n) is 4.78. The first kappa shape index (κ1) is 18.0. The Kier molecular flexibility index (Phi) is 6.84. The number of hydrogen-bond donors (Lipinski definition) is 2. The lowest BCUT2D eigenvalue weighted by atomic mass is 10.2. The van der Waals surface area contributed by atoms with Crippen molar-refractivity contribution in [2.75, 3.05) is 14.2 Å². The van der Waals surface area contributed by atoms with Crippen molar-refractivity contribution in [2.24, 2.45) is 5.10 Å². The molecule has 2 rings (SSSR count). The molecule has 5 nitrogen and oxygen atoms in total. The third kappa shape index (κ3) is 5.40. The molecule has 24 heavy (non-hydrogen) atoms. The van der Waals surface area contributed by atoms with Gasteiger partial charge in [0.1, 0.15) is 6.61 Å². The summed E-state index contributed by atoms with van der Waals surface area (Å²) in [5, 5.41) is 7.93. The van der Waals surface area contributed by atoms with Crippen molar-refractivity contribution >= 4 is 35.1 Å². The maximum Gasteiger partial charge on any atom is 0.186 e. The van der Waals surface area contributed by atoms with Gasteiger partial charge in [-0.05, 0) is 53.7 Å². The Hall–Kier alpha value is -2.31. The first-order chi connectivity index (χ1) is 11.6. The lowest BCUT2D eigenvalue weighted by Crippen LogP contribution is -2.28. The quantitative estimate of drug-likeness (QED) is 0.468. The number of ether oxygens (including phenoxy) is 2. The lowest BCUT2D eigenvalue weighted by molar-refractivity contribution is 0.284. The van der Waals surface area contributed by atoms with Gasteiger partial charge < -0.3 is 14.8 Å². The first-order valence-corrected chi connectivity index (χ1v) is 7.97. The van der Waals surface area contributed by atoms with E-state index < -0.39 is 0 Å². The average Bonchev–Trinajstić information content (AvgIpc) is 2.60. The molecular weight excluding hydrogens is 346 g/mol. The molecule has 2 N–H and O–H groups in total. The van der Waals surface area contributed by atoms with E-state index in [1.807, 2.05) is 42.5 Å². The summed E-state index contributed by atoms with van der Waals surface area (Å²) in [4.78, 5) is 0. The summed E-state index contributed by atoms with van der Waals surface area (Å²) in [6.07, 6.45) is 1.65. The highest BCUT2D eigenvalue weighted by Gasteiger charge is 2.06. The molecule has 0 amide bonds. The van der Waals surface area contributed by atoms with E-state index >= 15 is 0 Å². The summed E-state index contributed by atoms with van der Waals surface area (Å²) in [5.41, 5.74) is 4.53. The van der Waals surface area contributed by atoms with Crippen LogP contribution >= 0.6 is 23.8 Å². The largest absolute Gasteiger partial charge is 0.493 e. The van der Waals surface area contributed by atoms with Crippen LogP contribution in [-0.2, 0) is 6.61 Å². The third-order valence-electron chi connectivity index (χ3n) is 3.08. The predicted molar refractivity (Wildman–Crippen MR) is 101 cm³/mol. The Bertz CT molecular complexity index is 738. The van der Waals surface area contributed by atoms with Gasteiger partial charge in [-0.15, -0.1) is 0 Å². The van der Waals surface area contributed by atoms with E-state index in [0.29, 0.717) is 28.2 Å². The van der Waals surface area contributed by atoms with Gasteiger partial charge in [0.2, 0.25) is 0 Å². The molecule has 0 spiro atoms. The van der Waals surface area contributed by atoms with Gasteiger partial charge in [-0.2, -0.15) is 5.10 Å².